The number of carbonyl (C=O) groups is 1. The zero-order valence-corrected chi connectivity index (χ0v) is 13.1. The number of carbonyl (C=O) groups excluding carboxylic acids is 1. The van der Waals surface area contributed by atoms with Gasteiger partial charge >= 0.3 is 5.97 Å². The minimum Gasteiger partial charge on any atom is -0.462 e. The van der Waals surface area contributed by atoms with Gasteiger partial charge in [-0.25, -0.2) is 0 Å². The van der Waals surface area contributed by atoms with E-state index in [-0.39, 0.29) is 21.9 Å². The van der Waals surface area contributed by atoms with E-state index in [9.17, 15) is 9.90 Å². The average Bonchev–Trinajstić information content (AvgIpc) is 2.27. The first-order chi connectivity index (χ1) is 7.84. The van der Waals surface area contributed by atoms with Crippen LogP contribution in [-0.2, 0) is 9.53 Å². The second-order valence-corrected chi connectivity index (χ2v) is 6.96. The second kappa shape index (κ2) is 6.36. The van der Waals surface area contributed by atoms with Crippen molar-refractivity contribution in [3.63, 3.8) is 0 Å². The molecule has 0 aromatic heterocycles. The molecule has 1 fully saturated rings. The smallest absolute Gasteiger partial charge is 0.319 e. The van der Waals surface area contributed by atoms with Crippen LogP contribution in [0.15, 0.2) is 0 Å². The Balaban J connectivity index is 2.48. The van der Waals surface area contributed by atoms with Crippen LogP contribution < -0.4 is 0 Å². The molecule has 0 bridgehead atoms. The Bertz CT molecular complexity index is 260. The molecular formula is C13H23IO3. The van der Waals surface area contributed by atoms with Gasteiger partial charge in [0.1, 0.15) is 10.0 Å². The first kappa shape index (κ1) is 15.2. The summed E-state index contributed by atoms with van der Waals surface area (Å²) in [4.78, 5) is 11.7. The maximum atomic E-state index is 11.7. The highest BCUT2D eigenvalue weighted by atomic mass is 127. The molecule has 1 rings (SSSR count). The topological polar surface area (TPSA) is 46.5 Å². The molecular weight excluding hydrogens is 331 g/mol. The number of alkyl halides is 1. The summed E-state index contributed by atoms with van der Waals surface area (Å²) in [5.41, 5.74) is -0.667. The first-order valence-electron chi connectivity index (χ1n) is 6.41. The number of aliphatic hydroxyl groups is 1. The van der Waals surface area contributed by atoms with Crippen molar-refractivity contribution in [2.45, 2.75) is 68.5 Å². The zero-order chi connectivity index (χ0) is 13.1. The molecule has 0 radical (unpaired) electrons. The molecule has 17 heavy (non-hydrogen) atoms. The summed E-state index contributed by atoms with van der Waals surface area (Å²) in [5.74, 6) is 0.137. The van der Waals surface area contributed by atoms with E-state index in [1.807, 2.05) is 20.8 Å². The monoisotopic (exact) mass is 354 g/mol. The third kappa shape index (κ3) is 4.73. The van der Waals surface area contributed by atoms with Crippen LogP contribution in [0.25, 0.3) is 0 Å². The number of halogens is 1. The van der Waals surface area contributed by atoms with Gasteiger partial charge in [0.2, 0.25) is 0 Å². The molecule has 0 heterocycles. The van der Waals surface area contributed by atoms with E-state index in [1.165, 1.54) is 0 Å². The molecule has 4 heteroatoms. The van der Waals surface area contributed by atoms with Crippen molar-refractivity contribution in [2.24, 2.45) is 5.92 Å². The average molecular weight is 354 g/mol. The van der Waals surface area contributed by atoms with Crippen molar-refractivity contribution >= 4 is 28.6 Å². The van der Waals surface area contributed by atoms with Crippen molar-refractivity contribution < 1.29 is 14.6 Å². The van der Waals surface area contributed by atoms with Gasteiger partial charge < -0.3 is 9.84 Å². The number of hydrogen-bond acceptors (Lipinski definition) is 3. The quantitative estimate of drug-likeness (QED) is 0.480. The number of ether oxygens (including phenoxy) is 1. The van der Waals surface area contributed by atoms with E-state index in [0.717, 1.165) is 32.1 Å². The van der Waals surface area contributed by atoms with E-state index >= 15 is 0 Å². The largest absolute Gasteiger partial charge is 0.462 e. The van der Waals surface area contributed by atoms with Crippen LogP contribution in [0.5, 0.6) is 0 Å². The predicted molar refractivity (Wildman–Crippen MR) is 76.2 cm³/mol. The van der Waals surface area contributed by atoms with Crippen LogP contribution in [0.4, 0.5) is 0 Å². The summed E-state index contributed by atoms with van der Waals surface area (Å²) in [6.45, 7) is 5.67. The predicted octanol–water partition coefficient (Wildman–Crippen LogP) is 3.07. The fraction of sp³-hybridized carbons (Fsp3) is 0.923. The van der Waals surface area contributed by atoms with E-state index in [2.05, 4.69) is 22.6 Å². The van der Waals surface area contributed by atoms with Gasteiger partial charge in [0.15, 0.2) is 0 Å². The Hall–Kier alpha value is 0.160. The van der Waals surface area contributed by atoms with Crippen LogP contribution in [0.1, 0.15) is 52.9 Å². The lowest BCUT2D eigenvalue weighted by molar-refractivity contribution is -0.152. The van der Waals surface area contributed by atoms with Gasteiger partial charge in [0.05, 0.1) is 5.60 Å². The van der Waals surface area contributed by atoms with Gasteiger partial charge in [-0.3, -0.25) is 4.79 Å². The van der Waals surface area contributed by atoms with Crippen molar-refractivity contribution in [2.75, 3.05) is 0 Å². The normalized spacial score (nSPS) is 27.6. The fourth-order valence-electron chi connectivity index (χ4n) is 2.30. The molecule has 3 unspecified atom stereocenters. The third-order valence-electron chi connectivity index (χ3n) is 3.52. The second-order valence-electron chi connectivity index (χ2n) is 5.45. The molecule has 0 saturated heterocycles. The molecule has 1 aliphatic rings. The van der Waals surface area contributed by atoms with Crippen LogP contribution in [-0.4, -0.2) is 26.7 Å². The Morgan fingerprint density at radius 3 is 2.71 bits per heavy atom. The highest BCUT2D eigenvalue weighted by molar-refractivity contribution is 14.1. The summed E-state index contributed by atoms with van der Waals surface area (Å²) in [6.07, 6.45) is 4.59. The van der Waals surface area contributed by atoms with Crippen LogP contribution in [0.3, 0.4) is 0 Å². The first-order valence-corrected chi connectivity index (χ1v) is 7.66. The van der Waals surface area contributed by atoms with Crippen molar-refractivity contribution in [3.8, 4) is 0 Å². The highest BCUT2D eigenvalue weighted by Crippen LogP contribution is 2.34. The van der Waals surface area contributed by atoms with Crippen molar-refractivity contribution in [1.29, 1.82) is 0 Å². The van der Waals surface area contributed by atoms with Crippen LogP contribution >= 0.6 is 22.6 Å². The lowest BCUT2D eigenvalue weighted by Crippen LogP contribution is -2.38. The van der Waals surface area contributed by atoms with Crippen LogP contribution in [0, 0.1) is 5.92 Å². The molecule has 0 amide bonds. The Labute approximate surface area is 117 Å². The van der Waals surface area contributed by atoms with Crippen molar-refractivity contribution in [3.05, 3.63) is 0 Å². The van der Waals surface area contributed by atoms with E-state index in [1.54, 1.807) is 0 Å². The molecule has 0 aromatic rings. The lowest BCUT2D eigenvalue weighted by Gasteiger charge is -2.36. The minimum absolute atomic E-state index is 0.00325. The molecule has 1 aliphatic carbocycles. The molecule has 1 saturated carbocycles. The van der Waals surface area contributed by atoms with Crippen molar-refractivity contribution in [1.82, 2.24) is 0 Å². The van der Waals surface area contributed by atoms with Gasteiger partial charge in [-0.2, -0.15) is 0 Å². The standard InChI is InChI=1S/C13H23IO3/c1-4-11(14)12(15)17-10-7-5-6-9(8-10)13(2,3)16/h9-11,16H,4-8H2,1-3H3. The molecule has 100 valence electrons. The summed E-state index contributed by atoms with van der Waals surface area (Å²) in [5, 5.41) is 10.0. The van der Waals surface area contributed by atoms with Crippen LogP contribution in [0.2, 0.25) is 0 Å². The van der Waals surface area contributed by atoms with Gasteiger partial charge in [-0.05, 0) is 51.9 Å². The maximum absolute atomic E-state index is 11.7. The number of rotatable bonds is 4. The molecule has 0 aromatic carbocycles. The Morgan fingerprint density at radius 1 is 1.53 bits per heavy atom. The van der Waals surface area contributed by atoms with E-state index in [0.29, 0.717) is 0 Å². The Morgan fingerprint density at radius 2 is 2.18 bits per heavy atom. The Kier molecular flexibility index (Phi) is 5.70. The fourth-order valence-corrected chi connectivity index (χ4v) is 2.45. The third-order valence-corrected chi connectivity index (χ3v) is 4.91. The SMILES string of the molecule is CCC(I)C(=O)OC1CCCC(C(C)(C)O)C1. The molecule has 3 nitrogen and oxygen atoms in total. The highest BCUT2D eigenvalue weighted by Gasteiger charge is 2.34. The summed E-state index contributed by atoms with van der Waals surface area (Å²) in [7, 11) is 0. The van der Waals surface area contributed by atoms with E-state index in [4.69, 9.17) is 4.74 Å². The maximum Gasteiger partial charge on any atom is 0.319 e. The van der Waals surface area contributed by atoms with Gasteiger partial charge in [0, 0.05) is 0 Å². The summed E-state index contributed by atoms with van der Waals surface area (Å²) < 4.78 is 5.47. The number of hydrogen-bond donors (Lipinski definition) is 1. The minimum atomic E-state index is -0.667. The van der Waals surface area contributed by atoms with Gasteiger partial charge in [-0.15, -0.1) is 0 Å². The summed E-state index contributed by atoms with van der Waals surface area (Å²) >= 11 is 2.13. The zero-order valence-electron chi connectivity index (χ0n) is 10.9. The van der Waals surface area contributed by atoms with Gasteiger partial charge in [0.25, 0.3) is 0 Å². The molecule has 1 N–H and O–H groups in total. The number of esters is 1. The van der Waals surface area contributed by atoms with E-state index < -0.39 is 5.60 Å². The molecule has 3 atom stereocenters. The summed E-state index contributed by atoms with van der Waals surface area (Å²) in [6, 6.07) is 0. The molecule has 0 spiro atoms. The lowest BCUT2D eigenvalue weighted by atomic mass is 9.77. The van der Waals surface area contributed by atoms with Gasteiger partial charge in [-0.1, -0.05) is 29.5 Å². The molecule has 0 aliphatic heterocycles.